The molecule has 0 saturated heterocycles. The molecule has 1 unspecified atom stereocenters. The Morgan fingerprint density at radius 1 is 1.33 bits per heavy atom. The molecular formula is C19H17F4N5O2. The summed E-state index contributed by atoms with van der Waals surface area (Å²) in [6.07, 6.45) is -6.12. The van der Waals surface area contributed by atoms with Gasteiger partial charge in [-0.05, 0) is 35.9 Å². The summed E-state index contributed by atoms with van der Waals surface area (Å²) < 4.78 is 59.2. The van der Waals surface area contributed by atoms with Crippen LogP contribution in [0.4, 0.5) is 23.2 Å². The maximum Gasteiger partial charge on any atom is 0.426 e. The number of ether oxygens (including phenoxy) is 1. The van der Waals surface area contributed by atoms with Gasteiger partial charge in [0.1, 0.15) is 17.6 Å². The first-order valence-electron chi connectivity index (χ1n) is 8.49. The number of hydrogen-bond donors (Lipinski definition) is 2. The van der Waals surface area contributed by atoms with E-state index in [1.165, 1.54) is 24.4 Å². The number of anilines is 1. The van der Waals surface area contributed by atoms with E-state index >= 15 is 0 Å². The minimum absolute atomic E-state index is 0.0312. The van der Waals surface area contributed by atoms with Crippen molar-refractivity contribution in [2.45, 2.75) is 25.1 Å². The Bertz CT molecular complexity index is 984. The maximum absolute atomic E-state index is 14.3. The van der Waals surface area contributed by atoms with Crippen molar-refractivity contribution in [3.8, 4) is 6.07 Å². The lowest BCUT2D eigenvalue weighted by molar-refractivity contribution is -0.204. The molecule has 11 heteroatoms. The van der Waals surface area contributed by atoms with Gasteiger partial charge in [0.15, 0.2) is 0 Å². The molecule has 1 amide bonds. The third-order valence-electron chi connectivity index (χ3n) is 4.11. The Kier molecular flexibility index (Phi) is 6.94. The number of amides is 1. The molecule has 1 heterocycles. The number of nitriles is 1. The van der Waals surface area contributed by atoms with E-state index in [2.05, 4.69) is 20.0 Å². The number of nitrogens with zero attached hydrogens (tertiary/aromatic N) is 3. The van der Waals surface area contributed by atoms with Gasteiger partial charge in [-0.15, -0.1) is 0 Å². The SMILES string of the molecule is CN=C(N)OC([C@H](C)c1cc(NC(=O)c2ccc(C#N)cn2)ccc1F)C(F)(F)F. The average Bonchev–Trinajstić information content (AvgIpc) is 2.71. The maximum atomic E-state index is 14.3. The number of hydrogen-bond acceptors (Lipinski definition) is 5. The molecule has 1 aromatic carbocycles. The number of carbonyl (C=O) groups is 1. The van der Waals surface area contributed by atoms with Gasteiger partial charge in [0, 0.05) is 24.8 Å². The topological polar surface area (TPSA) is 113 Å². The van der Waals surface area contributed by atoms with Gasteiger partial charge in [0.25, 0.3) is 11.9 Å². The largest absolute Gasteiger partial charge is 0.452 e. The van der Waals surface area contributed by atoms with Gasteiger partial charge in [-0.2, -0.15) is 18.4 Å². The standard InChI is InChI=1S/C19H17F4N5O2/c1-10(16(19(21,22)23)30-18(25)26-2)13-7-12(4-5-14(13)20)28-17(29)15-6-3-11(8-24)9-27-15/h3-7,9-10,16H,1-2H3,(H2,25,26)(H,28,29)/t10-,16?/m1/s1. The summed E-state index contributed by atoms with van der Waals surface area (Å²) in [7, 11) is 1.15. The van der Waals surface area contributed by atoms with E-state index in [9.17, 15) is 22.4 Å². The number of nitrogens with one attached hydrogen (secondary N) is 1. The van der Waals surface area contributed by atoms with E-state index in [0.29, 0.717) is 0 Å². The quantitative estimate of drug-likeness (QED) is 0.435. The summed E-state index contributed by atoms with van der Waals surface area (Å²) in [5.41, 5.74) is 5.18. The molecule has 2 atom stereocenters. The van der Waals surface area contributed by atoms with E-state index in [1.807, 2.05) is 6.07 Å². The zero-order chi connectivity index (χ0) is 22.5. The van der Waals surface area contributed by atoms with Crippen LogP contribution < -0.4 is 11.1 Å². The zero-order valence-corrected chi connectivity index (χ0v) is 15.9. The predicted molar refractivity (Wildman–Crippen MR) is 100 cm³/mol. The highest BCUT2D eigenvalue weighted by atomic mass is 19.4. The highest BCUT2D eigenvalue weighted by Gasteiger charge is 2.47. The van der Waals surface area contributed by atoms with Gasteiger partial charge in [0.2, 0.25) is 6.10 Å². The second kappa shape index (κ2) is 9.21. The molecule has 2 aromatic rings. The molecule has 0 aliphatic rings. The van der Waals surface area contributed by atoms with Crippen LogP contribution in [0.3, 0.4) is 0 Å². The van der Waals surface area contributed by atoms with Gasteiger partial charge >= 0.3 is 6.18 Å². The van der Waals surface area contributed by atoms with Crippen molar-refractivity contribution in [3.05, 3.63) is 59.2 Å². The molecule has 0 spiro atoms. The number of alkyl halides is 3. The lowest BCUT2D eigenvalue weighted by Gasteiger charge is -2.27. The molecule has 1 aromatic heterocycles. The Morgan fingerprint density at radius 3 is 2.57 bits per heavy atom. The molecule has 0 aliphatic heterocycles. The van der Waals surface area contributed by atoms with Gasteiger partial charge < -0.3 is 15.8 Å². The number of nitrogens with two attached hydrogens (primary N) is 1. The van der Waals surface area contributed by atoms with Gasteiger partial charge in [-0.25, -0.2) is 14.4 Å². The third-order valence-corrected chi connectivity index (χ3v) is 4.11. The van der Waals surface area contributed by atoms with E-state index in [1.54, 1.807) is 0 Å². The zero-order valence-electron chi connectivity index (χ0n) is 15.9. The molecule has 158 valence electrons. The third kappa shape index (κ3) is 5.44. The number of aromatic nitrogens is 1. The monoisotopic (exact) mass is 423 g/mol. The second-order valence-electron chi connectivity index (χ2n) is 6.16. The van der Waals surface area contributed by atoms with Crippen LogP contribution in [0.15, 0.2) is 41.5 Å². The minimum atomic E-state index is -4.85. The summed E-state index contributed by atoms with van der Waals surface area (Å²) in [5.74, 6) is -3.10. The van der Waals surface area contributed by atoms with Gasteiger partial charge in [-0.1, -0.05) is 6.92 Å². The Labute approximate surface area is 169 Å². The van der Waals surface area contributed by atoms with E-state index in [0.717, 1.165) is 26.1 Å². The van der Waals surface area contributed by atoms with Crippen LogP contribution in [0, 0.1) is 17.1 Å². The van der Waals surface area contributed by atoms with Crippen molar-refractivity contribution in [3.63, 3.8) is 0 Å². The summed E-state index contributed by atoms with van der Waals surface area (Å²) in [4.78, 5) is 19.4. The molecule has 0 fully saturated rings. The first-order chi connectivity index (χ1) is 14.1. The fraction of sp³-hybridized carbons (Fsp3) is 0.263. The Balaban J connectivity index is 2.30. The van der Waals surface area contributed by atoms with Crippen molar-refractivity contribution in [2.75, 3.05) is 12.4 Å². The van der Waals surface area contributed by atoms with E-state index in [4.69, 9.17) is 11.0 Å². The molecular weight excluding hydrogens is 406 g/mol. The molecule has 0 radical (unpaired) electrons. The van der Waals surface area contributed by atoms with Crippen LogP contribution in [-0.2, 0) is 4.74 Å². The van der Waals surface area contributed by atoms with Crippen LogP contribution in [0.25, 0.3) is 0 Å². The van der Waals surface area contributed by atoms with Crippen LogP contribution >= 0.6 is 0 Å². The number of rotatable bonds is 5. The Hall–Kier alpha value is -3.68. The van der Waals surface area contributed by atoms with Crippen LogP contribution in [0.2, 0.25) is 0 Å². The second-order valence-corrected chi connectivity index (χ2v) is 6.16. The average molecular weight is 423 g/mol. The van der Waals surface area contributed by atoms with Crippen molar-refractivity contribution in [2.24, 2.45) is 10.7 Å². The number of pyridine rings is 1. The number of halogens is 4. The van der Waals surface area contributed by atoms with Crippen LogP contribution in [-0.4, -0.2) is 36.2 Å². The molecule has 0 bridgehead atoms. The normalized spacial score (nSPS) is 13.8. The van der Waals surface area contributed by atoms with Gasteiger partial charge in [-0.3, -0.25) is 4.79 Å². The summed E-state index contributed by atoms with van der Waals surface area (Å²) >= 11 is 0. The fourth-order valence-electron chi connectivity index (χ4n) is 2.56. The molecule has 30 heavy (non-hydrogen) atoms. The highest BCUT2D eigenvalue weighted by molar-refractivity contribution is 6.02. The van der Waals surface area contributed by atoms with Crippen LogP contribution in [0.5, 0.6) is 0 Å². The molecule has 7 nitrogen and oxygen atoms in total. The minimum Gasteiger partial charge on any atom is -0.452 e. The number of aliphatic imine (C=N–C) groups is 1. The van der Waals surface area contributed by atoms with E-state index < -0.39 is 35.9 Å². The number of amidine groups is 1. The van der Waals surface area contributed by atoms with E-state index in [-0.39, 0.29) is 22.5 Å². The van der Waals surface area contributed by atoms with Crippen molar-refractivity contribution in [1.82, 2.24) is 4.98 Å². The summed E-state index contributed by atoms with van der Waals surface area (Å²) in [5, 5.41) is 11.2. The summed E-state index contributed by atoms with van der Waals surface area (Å²) in [6, 6.07) is 7.04. The fourth-order valence-corrected chi connectivity index (χ4v) is 2.56. The first kappa shape index (κ1) is 22.6. The first-order valence-corrected chi connectivity index (χ1v) is 8.49. The van der Waals surface area contributed by atoms with Gasteiger partial charge in [0.05, 0.1) is 5.56 Å². The highest BCUT2D eigenvalue weighted by Crippen LogP contribution is 2.36. The molecule has 2 rings (SSSR count). The molecule has 3 N–H and O–H groups in total. The van der Waals surface area contributed by atoms with Crippen molar-refractivity contribution < 1.29 is 27.1 Å². The van der Waals surface area contributed by atoms with Crippen molar-refractivity contribution in [1.29, 1.82) is 5.26 Å². The molecule has 0 saturated carbocycles. The summed E-state index contributed by atoms with van der Waals surface area (Å²) in [6.45, 7) is 1.12. The lowest BCUT2D eigenvalue weighted by Crippen LogP contribution is -2.40. The predicted octanol–water partition coefficient (Wildman–Crippen LogP) is 3.34. The smallest absolute Gasteiger partial charge is 0.426 e. The Morgan fingerprint density at radius 2 is 2.03 bits per heavy atom. The number of benzene rings is 1. The van der Waals surface area contributed by atoms with Crippen molar-refractivity contribution >= 4 is 17.6 Å². The van der Waals surface area contributed by atoms with Crippen LogP contribution in [0.1, 0.15) is 34.5 Å². The molecule has 0 aliphatic carbocycles. The number of carbonyl (C=O) groups excluding carboxylic acids is 1. The lowest BCUT2D eigenvalue weighted by atomic mass is 9.93.